The van der Waals surface area contributed by atoms with Crippen LogP contribution in [0.2, 0.25) is 0 Å². The molecule has 0 bridgehead atoms. The number of benzene rings is 1. The average Bonchev–Trinajstić information content (AvgIpc) is 2.60. The zero-order valence-electron chi connectivity index (χ0n) is 15.2. The molecule has 1 aromatic carbocycles. The number of imide groups is 1. The fraction of sp³-hybridized carbons (Fsp3) is 0.500. The van der Waals surface area contributed by atoms with Crippen LogP contribution in [-0.2, 0) is 4.79 Å². The lowest BCUT2D eigenvalue weighted by molar-refractivity contribution is -0.121. The zero-order chi connectivity index (χ0) is 19.1. The van der Waals surface area contributed by atoms with Crippen molar-refractivity contribution < 1.29 is 18.8 Å². The van der Waals surface area contributed by atoms with Crippen LogP contribution in [-0.4, -0.2) is 61.9 Å². The molecule has 0 aromatic heterocycles. The summed E-state index contributed by atoms with van der Waals surface area (Å²) in [6.45, 7) is 6.26. The van der Waals surface area contributed by atoms with Gasteiger partial charge in [0.05, 0.1) is 12.2 Å². The fourth-order valence-corrected chi connectivity index (χ4v) is 2.78. The molecule has 0 atom stereocenters. The first-order chi connectivity index (χ1) is 12.4. The van der Waals surface area contributed by atoms with Gasteiger partial charge in [0, 0.05) is 38.3 Å². The topological polar surface area (TPSA) is 81.8 Å². The first kappa shape index (κ1) is 19.8. The quantitative estimate of drug-likeness (QED) is 0.746. The van der Waals surface area contributed by atoms with Gasteiger partial charge in [0.1, 0.15) is 5.82 Å². The molecule has 1 fully saturated rings. The van der Waals surface area contributed by atoms with Crippen molar-refractivity contribution in [1.29, 1.82) is 0 Å². The van der Waals surface area contributed by atoms with E-state index in [0.717, 1.165) is 6.42 Å². The number of hydrogen-bond donors (Lipinski definition) is 2. The van der Waals surface area contributed by atoms with Crippen LogP contribution in [0.5, 0.6) is 0 Å². The van der Waals surface area contributed by atoms with Crippen LogP contribution in [0.25, 0.3) is 0 Å². The molecule has 0 aliphatic carbocycles. The minimum absolute atomic E-state index is 0.124. The number of urea groups is 1. The molecule has 8 heteroatoms. The van der Waals surface area contributed by atoms with Crippen LogP contribution in [0.4, 0.5) is 14.9 Å². The molecule has 1 saturated heterocycles. The summed E-state index contributed by atoms with van der Waals surface area (Å²) in [6, 6.07) is 4.01. The summed E-state index contributed by atoms with van der Waals surface area (Å²) in [7, 11) is 0. The predicted octanol–water partition coefficient (Wildman–Crippen LogP) is 1.39. The Morgan fingerprint density at radius 1 is 1.15 bits per heavy atom. The van der Waals surface area contributed by atoms with Crippen LogP contribution in [0.1, 0.15) is 30.6 Å². The first-order valence-corrected chi connectivity index (χ1v) is 8.76. The molecule has 26 heavy (non-hydrogen) atoms. The zero-order valence-corrected chi connectivity index (χ0v) is 15.2. The maximum atomic E-state index is 14.2. The van der Waals surface area contributed by atoms with E-state index >= 15 is 0 Å². The highest BCUT2D eigenvalue weighted by atomic mass is 19.1. The Morgan fingerprint density at radius 3 is 2.42 bits per heavy atom. The molecule has 7 nitrogen and oxygen atoms in total. The highest BCUT2D eigenvalue weighted by Gasteiger charge is 2.22. The number of carbonyl (C=O) groups is 3. The second kappa shape index (κ2) is 9.28. The Balaban J connectivity index is 1.83. The van der Waals surface area contributed by atoms with Crippen LogP contribution in [0, 0.1) is 5.82 Å². The molecule has 1 aliphatic rings. The van der Waals surface area contributed by atoms with Crippen molar-refractivity contribution in [1.82, 2.24) is 15.5 Å². The molecule has 0 unspecified atom stereocenters. The lowest BCUT2D eigenvalue weighted by atomic mass is 10.1. The lowest BCUT2D eigenvalue weighted by Crippen LogP contribution is -2.51. The lowest BCUT2D eigenvalue weighted by Gasteiger charge is -2.35. The number of anilines is 1. The number of hydrogen-bond acceptors (Lipinski definition) is 5. The Morgan fingerprint density at radius 2 is 1.85 bits per heavy atom. The summed E-state index contributed by atoms with van der Waals surface area (Å²) in [5.74, 6) is -0.949. The van der Waals surface area contributed by atoms with E-state index in [-0.39, 0.29) is 18.2 Å². The Bertz CT molecular complexity index is 672. The monoisotopic (exact) mass is 364 g/mol. The number of carbonyl (C=O) groups excluding carboxylic acids is 3. The van der Waals surface area contributed by atoms with Crippen molar-refractivity contribution in [2.45, 2.75) is 20.3 Å². The van der Waals surface area contributed by atoms with E-state index in [9.17, 15) is 18.8 Å². The Hall–Kier alpha value is -2.48. The molecule has 1 aromatic rings. The van der Waals surface area contributed by atoms with Crippen LogP contribution in [0.15, 0.2) is 18.2 Å². The summed E-state index contributed by atoms with van der Waals surface area (Å²) in [5, 5.41) is 4.88. The molecule has 3 amide bonds. The minimum Gasteiger partial charge on any atom is -0.367 e. The summed E-state index contributed by atoms with van der Waals surface area (Å²) >= 11 is 0. The molecule has 0 saturated carbocycles. The smallest absolute Gasteiger partial charge is 0.321 e. The molecule has 1 aliphatic heterocycles. The molecule has 0 spiro atoms. The van der Waals surface area contributed by atoms with E-state index in [2.05, 4.69) is 10.6 Å². The fourth-order valence-electron chi connectivity index (χ4n) is 2.78. The molecular formula is C18H25FN4O3. The van der Waals surface area contributed by atoms with Crippen LogP contribution >= 0.6 is 0 Å². The average molecular weight is 364 g/mol. The summed E-state index contributed by atoms with van der Waals surface area (Å²) in [5.41, 5.74) is 0.806. The SMILES string of the molecule is CCCNC(=O)NC(=O)CN1CCN(c2ccc(C(C)=O)cc2F)CC1. The normalized spacial score (nSPS) is 14.8. The molecule has 142 valence electrons. The number of rotatable bonds is 6. The molecule has 2 rings (SSSR count). The van der Waals surface area contributed by atoms with Crippen molar-refractivity contribution in [3.63, 3.8) is 0 Å². The number of ketones is 1. The van der Waals surface area contributed by atoms with Gasteiger partial charge in [-0.05, 0) is 31.5 Å². The van der Waals surface area contributed by atoms with Gasteiger partial charge in [0.15, 0.2) is 5.78 Å². The predicted molar refractivity (Wildman–Crippen MR) is 96.9 cm³/mol. The van der Waals surface area contributed by atoms with E-state index in [1.165, 1.54) is 13.0 Å². The standard InChI is InChI=1S/C18H25FN4O3/c1-3-6-20-18(26)21-17(25)12-22-7-9-23(10-8-22)16-5-4-14(13(2)24)11-15(16)19/h4-5,11H,3,6-10,12H2,1-2H3,(H2,20,21,25,26). The van der Waals surface area contributed by atoms with Gasteiger partial charge in [0.2, 0.25) is 5.91 Å². The third-order valence-corrected chi connectivity index (χ3v) is 4.22. The maximum Gasteiger partial charge on any atom is 0.321 e. The van der Waals surface area contributed by atoms with Gasteiger partial charge >= 0.3 is 6.03 Å². The third-order valence-electron chi connectivity index (χ3n) is 4.22. The van der Waals surface area contributed by atoms with Gasteiger partial charge in [-0.2, -0.15) is 0 Å². The maximum absolute atomic E-state index is 14.2. The first-order valence-electron chi connectivity index (χ1n) is 8.76. The van der Waals surface area contributed by atoms with E-state index in [4.69, 9.17) is 0 Å². The van der Waals surface area contributed by atoms with Crippen molar-refractivity contribution in [3.8, 4) is 0 Å². The largest absolute Gasteiger partial charge is 0.367 e. The number of nitrogens with zero attached hydrogens (tertiary/aromatic N) is 2. The summed E-state index contributed by atoms with van der Waals surface area (Å²) < 4.78 is 14.2. The van der Waals surface area contributed by atoms with Gasteiger partial charge in [-0.3, -0.25) is 19.8 Å². The second-order valence-electron chi connectivity index (χ2n) is 6.29. The molecular weight excluding hydrogens is 339 g/mol. The van der Waals surface area contributed by atoms with Crippen LogP contribution in [0.3, 0.4) is 0 Å². The van der Waals surface area contributed by atoms with Crippen molar-refractivity contribution in [2.75, 3.05) is 44.2 Å². The van der Waals surface area contributed by atoms with E-state index in [0.29, 0.717) is 44.0 Å². The van der Waals surface area contributed by atoms with Crippen molar-refractivity contribution in [2.24, 2.45) is 0 Å². The number of piperazine rings is 1. The number of Topliss-reactive ketones (excluding diaryl/α,β-unsaturated/α-hetero) is 1. The van der Waals surface area contributed by atoms with Gasteiger partial charge < -0.3 is 10.2 Å². The third kappa shape index (κ3) is 5.52. The molecule has 2 N–H and O–H groups in total. The number of amides is 3. The van der Waals surface area contributed by atoms with Gasteiger partial charge in [-0.1, -0.05) is 6.92 Å². The van der Waals surface area contributed by atoms with E-state index < -0.39 is 11.8 Å². The van der Waals surface area contributed by atoms with Gasteiger partial charge in [-0.15, -0.1) is 0 Å². The minimum atomic E-state index is -0.483. The highest BCUT2D eigenvalue weighted by Crippen LogP contribution is 2.22. The van der Waals surface area contributed by atoms with Crippen molar-refractivity contribution >= 4 is 23.4 Å². The number of halogens is 1. The van der Waals surface area contributed by atoms with E-state index in [1.807, 2.05) is 16.7 Å². The highest BCUT2D eigenvalue weighted by molar-refractivity contribution is 5.95. The van der Waals surface area contributed by atoms with Crippen molar-refractivity contribution in [3.05, 3.63) is 29.6 Å². The van der Waals surface area contributed by atoms with Gasteiger partial charge in [0.25, 0.3) is 0 Å². The van der Waals surface area contributed by atoms with E-state index in [1.54, 1.807) is 12.1 Å². The summed E-state index contributed by atoms with van der Waals surface area (Å²) in [4.78, 5) is 38.5. The summed E-state index contributed by atoms with van der Waals surface area (Å²) in [6.07, 6.45) is 0.799. The second-order valence-corrected chi connectivity index (χ2v) is 6.29. The Kier molecular flexibility index (Phi) is 7.08. The molecule has 0 radical (unpaired) electrons. The Labute approximate surface area is 152 Å². The van der Waals surface area contributed by atoms with Gasteiger partial charge in [-0.25, -0.2) is 9.18 Å². The molecule has 1 heterocycles. The van der Waals surface area contributed by atoms with Crippen LogP contribution < -0.4 is 15.5 Å². The number of nitrogens with one attached hydrogen (secondary N) is 2.